The van der Waals surface area contributed by atoms with Crippen LogP contribution in [0.1, 0.15) is 36.5 Å². The summed E-state index contributed by atoms with van der Waals surface area (Å²) in [5.74, 6) is 1.21. The summed E-state index contributed by atoms with van der Waals surface area (Å²) in [5.41, 5.74) is 0.516. The minimum absolute atomic E-state index is 0.0988. The van der Waals surface area contributed by atoms with Gasteiger partial charge in [-0.15, -0.1) is 0 Å². The van der Waals surface area contributed by atoms with Gasteiger partial charge in [-0.2, -0.15) is 0 Å². The first-order valence-electron chi connectivity index (χ1n) is 6.38. The van der Waals surface area contributed by atoms with Crippen molar-refractivity contribution in [3.05, 3.63) is 22.8 Å². The van der Waals surface area contributed by atoms with Crippen molar-refractivity contribution in [2.45, 2.75) is 26.2 Å². The summed E-state index contributed by atoms with van der Waals surface area (Å²) in [6.07, 6.45) is 5.01. The van der Waals surface area contributed by atoms with E-state index >= 15 is 0 Å². The van der Waals surface area contributed by atoms with Crippen molar-refractivity contribution in [3.63, 3.8) is 0 Å². The zero-order chi connectivity index (χ0) is 13.0. The second kappa shape index (κ2) is 6.05. The molecule has 18 heavy (non-hydrogen) atoms. The van der Waals surface area contributed by atoms with E-state index in [9.17, 15) is 4.79 Å². The van der Waals surface area contributed by atoms with Crippen molar-refractivity contribution >= 4 is 23.3 Å². The first-order valence-corrected chi connectivity index (χ1v) is 6.76. The molecule has 1 aromatic heterocycles. The predicted molar refractivity (Wildman–Crippen MR) is 73.1 cm³/mol. The normalized spacial score (nSPS) is 14.3. The van der Waals surface area contributed by atoms with Gasteiger partial charge in [0.1, 0.15) is 5.82 Å². The molecule has 0 unspecified atom stereocenters. The third kappa shape index (κ3) is 3.60. The van der Waals surface area contributed by atoms with Gasteiger partial charge in [0.15, 0.2) is 0 Å². The van der Waals surface area contributed by atoms with Crippen molar-refractivity contribution < 1.29 is 4.79 Å². The van der Waals surface area contributed by atoms with Gasteiger partial charge < -0.3 is 10.6 Å². The summed E-state index contributed by atoms with van der Waals surface area (Å²) in [7, 11) is 0. The molecule has 0 aliphatic heterocycles. The maximum absolute atomic E-state index is 11.8. The first-order chi connectivity index (χ1) is 8.70. The average molecular weight is 268 g/mol. The summed E-state index contributed by atoms with van der Waals surface area (Å²) < 4.78 is 0. The molecule has 0 aromatic carbocycles. The molecule has 0 bridgehead atoms. The van der Waals surface area contributed by atoms with Crippen LogP contribution in [-0.2, 0) is 0 Å². The number of hydrogen-bond donors (Lipinski definition) is 2. The van der Waals surface area contributed by atoms with Crippen LogP contribution in [0.2, 0.25) is 5.02 Å². The zero-order valence-corrected chi connectivity index (χ0v) is 11.3. The summed E-state index contributed by atoms with van der Waals surface area (Å²) >= 11 is 6.08. The van der Waals surface area contributed by atoms with E-state index in [-0.39, 0.29) is 5.91 Å². The predicted octanol–water partition coefficient (Wildman–Crippen LogP) is 2.70. The Hall–Kier alpha value is -1.29. The van der Waals surface area contributed by atoms with Gasteiger partial charge in [-0.05, 0) is 31.2 Å². The molecule has 5 heteroatoms. The smallest absolute Gasteiger partial charge is 0.252 e. The van der Waals surface area contributed by atoms with Crippen LogP contribution in [0.4, 0.5) is 5.82 Å². The molecule has 1 aromatic rings. The Kier molecular flexibility index (Phi) is 4.42. The van der Waals surface area contributed by atoms with Gasteiger partial charge >= 0.3 is 0 Å². The molecule has 0 spiro atoms. The van der Waals surface area contributed by atoms with Crippen LogP contribution < -0.4 is 10.6 Å². The molecule has 2 rings (SSSR count). The van der Waals surface area contributed by atoms with Gasteiger partial charge in [-0.3, -0.25) is 4.79 Å². The number of halogens is 1. The molecule has 0 saturated heterocycles. The van der Waals surface area contributed by atoms with Crippen LogP contribution in [0.25, 0.3) is 0 Å². The molecule has 4 nitrogen and oxygen atoms in total. The molecule has 1 amide bonds. The number of nitrogens with one attached hydrogen (secondary N) is 2. The number of rotatable bonds is 6. The van der Waals surface area contributed by atoms with Crippen LogP contribution in [0, 0.1) is 5.92 Å². The van der Waals surface area contributed by atoms with E-state index in [0.29, 0.717) is 22.3 Å². The highest BCUT2D eigenvalue weighted by atomic mass is 35.5. The van der Waals surface area contributed by atoms with Crippen molar-refractivity contribution in [1.29, 1.82) is 0 Å². The third-order valence-electron chi connectivity index (χ3n) is 2.89. The van der Waals surface area contributed by atoms with Crippen molar-refractivity contribution in [2.24, 2.45) is 5.92 Å². The summed E-state index contributed by atoms with van der Waals surface area (Å²) in [5, 5.41) is 6.50. The molecule has 1 aliphatic carbocycles. The summed E-state index contributed by atoms with van der Waals surface area (Å²) in [6.45, 7) is 3.65. The molecule has 2 N–H and O–H groups in total. The quantitative estimate of drug-likeness (QED) is 0.833. The van der Waals surface area contributed by atoms with E-state index in [1.54, 1.807) is 12.3 Å². The molecule has 1 saturated carbocycles. The molecule has 0 atom stereocenters. The Labute approximate surface area is 112 Å². The highest BCUT2D eigenvalue weighted by molar-refractivity contribution is 6.33. The van der Waals surface area contributed by atoms with Crippen LogP contribution in [-0.4, -0.2) is 24.0 Å². The second-order valence-corrected chi connectivity index (χ2v) is 5.04. The minimum Gasteiger partial charge on any atom is -0.369 e. The minimum atomic E-state index is -0.0988. The number of pyridine rings is 1. The lowest BCUT2D eigenvalue weighted by atomic mass is 10.2. The fourth-order valence-electron chi connectivity index (χ4n) is 1.60. The number of amides is 1. The lowest BCUT2D eigenvalue weighted by Crippen LogP contribution is -2.25. The van der Waals surface area contributed by atoms with Crippen molar-refractivity contribution in [3.8, 4) is 0 Å². The van der Waals surface area contributed by atoms with E-state index in [2.05, 4.69) is 22.5 Å². The summed E-state index contributed by atoms with van der Waals surface area (Å²) in [4.78, 5) is 16.0. The zero-order valence-electron chi connectivity index (χ0n) is 10.5. The number of aromatic nitrogens is 1. The molecule has 98 valence electrons. The van der Waals surface area contributed by atoms with Gasteiger partial charge in [0.25, 0.3) is 5.91 Å². The Morgan fingerprint density at radius 1 is 1.56 bits per heavy atom. The highest BCUT2D eigenvalue weighted by Crippen LogP contribution is 2.27. The molecule has 0 radical (unpaired) electrons. The topological polar surface area (TPSA) is 54.0 Å². The van der Waals surface area contributed by atoms with E-state index in [4.69, 9.17) is 11.6 Å². The van der Waals surface area contributed by atoms with Crippen LogP contribution in [0.3, 0.4) is 0 Å². The molecular formula is C13H18ClN3O. The van der Waals surface area contributed by atoms with E-state index in [1.807, 2.05) is 0 Å². The first kappa shape index (κ1) is 13.1. The Bertz CT molecular complexity index is 432. The van der Waals surface area contributed by atoms with Gasteiger partial charge in [-0.25, -0.2) is 4.98 Å². The van der Waals surface area contributed by atoms with Gasteiger partial charge in [0, 0.05) is 19.3 Å². The van der Waals surface area contributed by atoms with Gasteiger partial charge in [0.05, 0.1) is 10.6 Å². The highest BCUT2D eigenvalue weighted by Gasteiger charge is 2.22. The fourth-order valence-corrected chi connectivity index (χ4v) is 1.83. The standard InChI is InChI=1S/C13H18ClN3O/c1-2-5-15-12-11(14)6-10(8-16-12)13(18)17-7-9-3-4-9/h6,8-9H,2-5,7H2,1H3,(H,15,16)(H,17,18). The maximum Gasteiger partial charge on any atom is 0.252 e. The lowest BCUT2D eigenvalue weighted by Gasteiger charge is -2.08. The maximum atomic E-state index is 11.8. The molecular weight excluding hydrogens is 250 g/mol. The largest absolute Gasteiger partial charge is 0.369 e. The van der Waals surface area contributed by atoms with Crippen molar-refractivity contribution in [2.75, 3.05) is 18.4 Å². The lowest BCUT2D eigenvalue weighted by molar-refractivity contribution is 0.0951. The van der Waals surface area contributed by atoms with E-state index < -0.39 is 0 Å². The molecule has 1 heterocycles. The number of carbonyl (C=O) groups excluding carboxylic acids is 1. The Balaban J connectivity index is 1.95. The number of hydrogen-bond acceptors (Lipinski definition) is 3. The monoisotopic (exact) mass is 267 g/mol. The van der Waals surface area contributed by atoms with Crippen LogP contribution in [0.15, 0.2) is 12.3 Å². The number of anilines is 1. The average Bonchev–Trinajstić information content (AvgIpc) is 3.18. The van der Waals surface area contributed by atoms with Gasteiger partial charge in [0.2, 0.25) is 0 Å². The molecule has 1 fully saturated rings. The van der Waals surface area contributed by atoms with Crippen LogP contribution >= 0.6 is 11.6 Å². The second-order valence-electron chi connectivity index (χ2n) is 4.63. The van der Waals surface area contributed by atoms with Crippen molar-refractivity contribution in [1.82, 2.24) is 10.3 Å². The van der Waals surface area contributed by atoms with E-state index in [1.165, 1.54) is 12.8 Å². The Morgan fingerprint density at radius 2 is 2.33 bits per heavy atom. The number of carbonyl (C=O) groups is 1. The van der Waals surface area contributed by atoms with E-state index in [0.717, 1.165) is 19.5 Å². The Morgan fingerprint density at radius 3 is 2.94 bits per heavy atom. The van der Waals surface area contributed by atoms with Gasteiger partial charge in [-0.1, -0.05) is 18.5 Å². The fraction of sp³-hybridized carbons (Fsp3) is 0.538. The SMILES string of the molecule is CCCNc1ncc(C(=O)NCC2CC2)cc1Cl. The third-order valence-corrected chi connectivity index (χ3v) is 3.18. The van der Waals surface area contributed by atoms with Crippen LogP contribution in [0.5, 0.6) is 0 Å². The molecule has 1 aliphatic rings. The summed E-state index contributed by atoms with van der Waals surface area (Å²) in [6, 6.07) is 1.66. The number of nitrogens with zero attached hydrogens (tertiary/aromatic N) is 1.